The predicted molar refractivity (Wildman–Crippen MR) is 93.4 cm³/mol. The Bertz CT molecular complexity index is 1120. The Morgan fingerprint density at radius 2 is 1.96 bits per heavy atom. The van der Waals surface area contributed by atoms with Gasteiger partial charge in [-0.05, 0) is 18.4 Å². The lowest BCUT2D eigenvalue weighted by Gasteiger charge is -2.04. The Hall–Kier alpha value is -2.66. The molecule has 0 saturated carbocycles. The molecule has 0 aliphatic rings. The maximum atomic E-state index is 12.4. The van der Waals surface area contributed by atoms with E-state index in [1.54, 1.807) is 13.0 Å². The summed E-state index contributed by atoms with van der Waals surface area (Å²) in [6.45, 7) is 2.08. The number of rotatable bonds is 2. The molecule has 0 atom stereocenters. The van der Waals surface area contributed by atoms with Crippen LogP contribution in [0.5, 0.6) is 0 Å². The fourth-order valence-corrected chi connectivity index (χ4v) is 3.92. The molecule has 114 valence electrons. The van der Waals surface area contributed by atoms with E-state index in [9.17, 15) is 9.59 Å². The molecule has 1 N–H and O–H groups in total. The maximum Gasteiger partial charge on any atom is 0.348 e. The van der Waals surface area contributed by atoms with Crippen molar-refractivity contribution in [1.82, 2.24) is 4.98 Å². The first-order valence-electron chi connectivity index (χ1n) is 7.33. The highest BCUT2D eigenvalue weighted by molar-refractivity contribution is 7.21. The Morgan fingerprint density at radius 1 is 1.13 bits per heavy atom. The van der Waals surface area contributed by atoms with Gasteiger partial charge < -0.3 is 9.72 Å². The molecule has 23 heavy (non-hydrogen) atoms. The van der Waals surface area contributed by atoms with Crippen molar-refractivity contribution < 1.29 is 9.53 Å². The van der Waals surface area contributed by atoms with Gasteiger partial charge in [0.25, 0.3) is 5.56 Å². The van der Waals surface area contributed by atoms with Gasteiger partial charge >= 0.3 is 5.97 Å². The van der Waals surface area contributed by atoms with Gasteiger partial charge in [0, 0.05) is 10.8 Å². The van der Waals surface area contributed by atoms with E-state index in [0.29, 0.717) is 16.9 Å². The average molecular weight is 323 g/mol. The number of esters is 1. The van der Waals surface area contributed by atoms with Crippen LogP contribution >= 0.6 is 11.3 Å². The molecule has 0 radical (unpaired) electrons. The summed E-state index contributed by atoms with van der Waals surface area (Å²) in [6.07, 6.45) is 0. The van der Waals surface area contributed by atoms with Crippen LogP contribution in [0.2, 0.25) is 0 Å². The van der Waals surface area contributed by atoms with E-state index in [-0.39, 0.29) is 11.5 Å². The molecule has 0 unspecified atom stereocenters. The Balaban J connectivity index is 2.10. The summed E-state index contributed by atoms with van der Waals surface area (Å²) in [5.41, 5.74) is 0.619. The third-order valence-electron chi connectivity index (χ3n) is 3.87. The van der Waals surface area contributed by atoms with Gasteiger partial charge in [-0.15, -0.1) is 11.3 Å². The fraction of sp³-hybridized carbons (Fsp3) is 0.111. The van der Waals surface area contributed by atoms with Gasteiger partial charge in [0.05, 0.1) is 22.2 Å². The number of nitrogens with one attached hydrogen (secondary N) is 1. The lowest BCUT2D eigenvalue weighted by Crippen LogP contribution is -2.05. The second kappa shape index (κ2) is 5.21. The summed E-state index contributed by atoms with van der Waals surface area (Å²) in [4.78, 5) is 27.8. The van der Waals surface area contributed by atoms with E-state index in [1.165, 1.54) is 11.3 Å². The van der Waals surface area contributed by atoms with Gasteiger partial charge in [0.15, 0.2) is 0 Å². The summed E-state index contributed by atoms with van der Waals surface area (Å²) in [7, 11) is 0. The summed E-state index contributed by atoms with van der Waals surface area (Å²) >= 11 is 1.30. The molecule has 5 heteroatoms. The minimum atomic E-state index is -0.387. The quantitative estimate of drug-likeness (QED) is 0.447. The van der Waals surface area contributed by atoms with Crippen LogP contribution < -0.4 is 5.56 Å². The summed E-state index contributed by atoms with van der Waals surface area (Å²) < 4.78 is 5.86. The van der Waals surface area contributed by atoms with E-state index in [2.05, 4.69) is 4.98 Å². The molecular weight excluding hydrogens is 310 g/mol. The number of hydrogen-bond acceptors (Lipinski definition) is 4. The van der Waals surface area contributed by atoms with E-state index in [0.717, 1.165) is 26.4 Å². The van der Waals surface area contributed by atoms with E-state index < -0.39 is 0 Å². The number of aromatic nitrogens is 1. The highest BCUT2D eigenvalue weighted by atomic mass is 32.1. The topological polar surface area (TPSA) is 59.2 Å². The summed E-state index contributed by atoms with van der Waals surface area (Å²) in [5, 5.41) is 3.53. The first kappa shape index (κ1) is 14.0. The van der Waals surface area contributed by atoms with Crippen LogP contribution in [0.25, 0.3) is 31.8 Å². The number of fused-ring (bicyclic) bond motifs is 5. The van der Waals surface area contributed by atoms with Crippen molar-refractivity contribution in [3.63, 3.8) is 0 Å². The molecule has 0 spiro atoms. The minimum absolute atomic E-state index is 0.185. The second-order valence-electron chi connectivity index (χ2n) is 5.24. The van der Waals surface area contributed by atoms with Crippen LogP contribution in [0.15, 0.2) is 47.3 Å². The van der Waals surface area contributed by atoms with Crippen LogP contribution in [0.1, 0.15) is 16.6 Å². The van der Waals surface area contributed by atoms with Gasteiger partial charge in [0.1, 0.15) is 4.88 Å². The molecule has 0 bridgehead atoms. The normalized spacial score (nSPS) is 11.3. The van der Waals surface area contributed by atoms with Crippen LogP contribution in [0.3, 0.4) is 0 Å². The van der Waals surface area contributed by atoms with Gasteiger partial charge in [0.2, 0.25) is 0 Å². The molecule has 0 aliphatic heterocycles. The van der Waals surface area contributed by atoms with E-state index >= 15 is 0 Å². The first-order valence-corrected chi connectivity index (χ1v) is 8.15. The lowest BCUT2D eigenvalue weighted by atomic mass is 10.1. The van der Waals surface area contributed by atoms with Crippen molar-refractivity contribution in [2.45, 2.75) is 6.92 Å². The molecule has 2 heterocycles. The number of pyridine rings is 1. The number of carbonyl (C=O) groups is 1. The monoisotopic (exact) mass is 323 g/mol. The number of carbonyl (C=O) groups excluding carboxylic acids is 1. The number of benzene rings is 2. The first-order chi connectivity index (χ1) is 11.2. The number of aromatic amines is 1. The summed E-state index contributed by atoms with van der Waals surface area (Å²) in [6, 6.07) is 13.5. The minimum Gasteiger partial charge on any atom is -0.462 e. The van der Waals surface area contributed by atoms with E-state index in [1.807, 2.05) is 36.4 Å². The van der Waals surface area contributed by atoms with Crippen molar-refractivity contribution in [2.75, 3.05) is 6.61 Å². The third kappa shape index (κ3) is 2.12. The van der Waals surface area contributed by atoms with Crippen LogP contribution in [0.4, 0.5) is 0 Å². The fourth-order valence-electron chi connectivity index (χ4n) is 2.84. The van der Waals surface area contributed by atoms with Crippen LogP contribution in [-0.4, -0.2) is 17.6 Å². The Kier molecular flexibility index (Phi) is 3.16. The SMILES string of the molecule is CCOC(=O)c1cc2c(=O)[nH]c3c4ccccc4ccc3c2s1. The van der Waals surface area contributed by atoms with Crippen LogP contribution in [0, 0.1) is 0 Å². The molecule has 2 aromatic carbocycles. The molecule has 0 fully saturated rings. The predicted octanol–water partition coefficient (Wildman–Crippen LogP) is 4.07. The average Bonchev–Trinajstić information content (AvgIpc) is 3.01. The van der Waals surface area contributed by atoms with Crippen molar-refractivity contribution in [1.29, 1.82) is 0 Å². The number of ether oxygens (including phenoxy) is 1. The van der Waals surface area contributed by atoms with Crippen molar-refractivity contribution in [3.05, 3.63) is 57.7 Å². The summed E-state index contributed by atoms with van der Waals surface area (Å²) in [5.74, 6) is -0.387. The van der Waals surface area contributed by atoms with Gasteiger partial charge in [-0.2, -0.15) is 0 Å². The maximum absolute atomic E-state index is 12.4. The van der Waals surface area contributed by atoms with Crippen molar-refractivity contribution in [3.8, 4) is 0 Å². The number of H-pyrrole nitrogens is 1. The number of thiophene rings is 1. The van der Waals surface area contributed by atoms with Crippen molar-refractivity contribution >= 4 is 49.1 Å². The van der Waals surface area contributed by atoms with E-state index in [4.69, 9.17) is 4.74 Å². The molecule has 2 aromatic heterocycles. The highest BCUT2D eigenvalue weighted by Crippen LogP contribution is 2.33. The molecule has 4 aromatic rings. The molecule has 0 saturated heterocycles. The standard InChI is InChI=1S/C18H13NO3S/c1-2-22-18(21)14-9-13-16(23-14)12-8-7-10-5-3-4-6-11(10)15(12)19-17(13)20/h3-9H,2H2,1H3,(H,19,20). The van der Waals surface area contributed by atoms with Gasteiger partial charge in [-0.3, -0.25) is 4.79 Å². The van der Waals surface area contributed by atoms with Gasteiger partial charge in [-0.1, -0.05) is 36.4 Å². The highest BCUT2D eigenvalue weighted by Gasteiger charge is 2.16. The number of hydrogen-bond donors (Lipinski definition) is 1. The largest absolute Gasteiger partial charge is 0.462 e. The Labute approximate surface area is 135 Å². The molecule has 4 rings (SSSR count). The molecule has 0 amide bonds. The zero-order chi connectivity index (χ0) is 16.0. The smallest absolute Gasteiger partial charge is 0.348 e. The zero-order valence-corrected chi connectivity index (χ0v) is 13.2. The van der Waals surface area contributed by atoms with Crippen molar-refractivity contribution in [2.24, 2.45) is 0 Å². The molecular formula is C18H13NO3S. The molecule has 4 nitrogen and oxygen atoms in total. The third-order valence-corrected chi connectivity index (χ3v) is 5.01. The lowest BCUT2D eigenvalue weighted by molar-refractivity contribution is 0.0532. The van der Waals surface area contributed by atoms with Crippen LogP contribution in [-0.2, 0) is 4.74 Å². The second-order valence-corrected chi connectivity index (χ2v) is 6.29. The van der Waals surface area contributed by atoms with Gasteiger partial charge in [-0.25, -0.2) is 4.79 Å². The molecule has 0 aliphatic carbocycles. The zero-order valence-electron chi connectivity index (χ0n) is 12.4. The Morgan fingerprint density at radius 3 is 2.78 bits per heavy atom.